The third-order valence-corrected chi connectivity index (χ3v) is 2.79. The van der Waals surface area contributed by atoms with E-state index >= 15 is 0 Å². The molecule has 0 aliphatic carbocycles. The summed E-state index contributed by atoms with van der Waals surface area (Å²) in [6.07, 6.45) is 0.959. The van der Waals surface area contributed by atoms with Gasteiger partial charge in [0.25, 0.3) is 0 Å². The highest BCUT2D eigenvalue weighted by atomic mass is 127. The Morgan fingerprint density at radius 2 is 2.05 bits per heavy atom. The summed E-state index contributed by atoms with van der Waals surface area (Å²) in [4.78, 5) is 4.58. The second-order valence-electron chi connectivity index (χ2n) is 4.55. The Morgan fingerprint density at radius 1 is 1.23 bits per heavy atom. The molecule has 0 saturated heterocycles. The average molecular weight is 421 g/mol. The van der Waals surface area contributed by atoms with Crippen molar-refractivity contribution < 1.29 is 9.47 Å². The maximum Gasteiger partial charge on any atom is 0.191 e. The second-order valence-corrected chi connectivity index (χ2v) is 4.55. The van der Waals surface area contributed by atoms with Crippen LogP contribution in [0.15, 0.2) is 29.3 Å². The Morgan fingerprint density at radius 3 is 2.73 bits per heavy atom. The molecule has 0 heterocycles. The maximum atomic E-state index is 5.50. The smallest absolute Gasteiger partial charge is 0.191 e. The predicted molar refractivity (Wildman–Crippen MR) is 102 cm³/mol. The van der Waals surface area contributed by atoms with Gasteiger partial charge in [0.15, 0.2) is 5.96 Å². The van der Waals surface area contributed by atoms with Gasteiger partial charge in [-0.25, -0.2) is 4.99 Å². The lowest BCUT2D eigenvalue weighted by Gasteiger charge is -2.11. The molecule has 0 unspecified atom stereocenters. The summed E-state index contributed by atoms with van der Waals surface area (Å²) in [5, 5.41) is 6.53. The van der Waals surface area contributed by atoms with Gasteiger partial charge < -0.3 is 20.1 Å². The molecule has 0 amide bonds. The van der Waals surface area contributed by atoms with Crippen LogP contribution < -0.4 is 15.4 Å². The number of methoxy groups -OCH3 is 1. The Labute approximate surface area is 150 Å². The molecule has 0 aromatic heterocycles. The molecule has 0 fully saturated rings. The van der Waals surface area contributed by atoms with E-state index in [1.54, 1.807) is 7.11 Å². The molecular weight excluding hydrogens is 393 g/mol. The van der Waals surface area contributed by atoms with Crippen LogP contribution in [0.4, 0.5) is 0 Å². The molecule has 0 bridgehead atoms. The fraction of sp³-hybridized carbons (Fsp3) is 0.562. The van der Waals surface area contributed by atoms with E-state index < -0.39 is 0 Å². The molecule has 1 rings (SSSR count). The van der Waals surface area contributed by atoms with Crippen molar-refractivity contribution in [3.05, 3.63) is 29.8 Å². The normalized spacial score (nSPS) is 10.8. The molecule has 1 aromatic carbocycles. The number of guanidine groups is 1. The predicted octanol–water partition coefficient (Wildman–Crippen LogP) is 2.79. The molecule has 22 heavy (non-hydrogen) atoms. The van der Waals surface area contributed by atoms with E-state index in [9.17, 15) is 0 Å². The zero-order valence-electron chi connectivity index (χ0n) is 13.7. The first-order chi connectivity index (χ1) is 10.3. The molecular formula is C16H28IN3O2. The molecule has 0 aliphatic heterocycles. The van der Waals surface area contributed by atoms with Crippen molar-refractivity contribution in [2.45, 2.75) is 26.8 Å². The van der Waals surface area contributed by atoms with Crippen molar-refractivity contribution in [2.24, 2.45) is 4.99 Å². The Kier molecular flexibility index (Phi) is 13.0. The summed E-state index contributed by atoms with van der Waals surface area (Å²) in [5.41, 5.74) is 1.13. The van der Waals surface area contributed by atoms with Gasteiger partial charge in [0.2, 0.25) is 0 Å². The van der Waals surface area contributed by atoms with E-state index in [0.29, 0.717) is 13.2 Å². The van der Waals surface area contributed by atoms with Gasteiger partial charge in [-0.2, -0.15) is 0 Å². The van der Waals surface area contributed by atoms with Crippen molar-refractivity contribution in [1.29, 1.82) is 0 Å². The summed E-state index contributed by atoms with van der Waals surface area (Å²) in [7, 11) is 1.71. The summed E-state index contributed by atoms with van der Waals surface area (Å²) in [5.74, 6) is 1.72. The molecule has 126 valence electrons. The zero-order valence-corrected chi connectivity index (χ0v) is 16.1. The maximum absolute atomic E-state index is 5.50. The largest absolute Gasteiger partial charge is 0.494 e. The Balaban J connectivity index is 0.00000441. The van der Waals surface area contributed by atoms with Gasteiger partial charge in [0.1, 0.15) is 5.75 Å². The molecule has 0 spiro atoms. The summed E-state index contributed by atoms with van der Waals surface area (Å²) < 4.78 is 10.5. The average Bonchev–Trinajstić information content (AvgIpc) is 2.50. The van der Waals surface area contributed by atoms with E-state index in [1.165, 1.54) is 0 Å². The number of nitrogens with one attached hydrogen (secondary N) is 2. The molecule has 0 radical (unpaired) electrons. The zero-order chi connectivity index (χ0) is 15.3. The van der Waals surface area contributed by atoms with E-state index in [-0.39, 0.29) is 24.0 Å². The van der Waals surface area contributed by atoms with Crippen LogP contribution in [0.2, 0.25) is 0 Å². The topological polar surface area (TPSA) is 54.9 Å². The highest BCUT2D eigenvalue weighted by molar-refractivity contribution is 14.0. The van der Waals surface area contributed by atoms with Gasteiger partial charge >= 0.3 is 0 Å². The van der Waals surface area contributed by atoms with Crippen LogP contribution >= 0.6 is 24.0 Å². The number of halogens is 1. The third-order valence-electron chi connectivity index (χ3n) is 2.79. The standard InChI is InChI=1S/C16H27N3O2.HI/c1-4-17-16(18-10-7-11-20-3)19-13-14-8-6-9-15(12-14)21-5-2;/h6,8-9,12H,4-5,7,10-11,13H2,1-3H3,(H2,17,18,19);1H. The van der Waals surface area contributed by atoms with Crippen molar-refractivity contribution in [2.75, 3.05) is 33.4 Å². The third kappa shape index (κ3) is 9.09. The van der Waals surface area contributed by atoms with Crippen molar-refractivity contribution in [3.8, 4) is 5.75 Å². The first-order valence-electron chi connectivity index (χ1n) is 7.53. The van der Waals surface area contributed by atoms with E-state index in [1.807, 2.05) is 25.1 Å². The number of ether oxygens (including phenoxy) is 2. The molecule has 2 N–H and O–H groups in total. The van der Waals surface area contributed by atoms with Gasteiger partial charge in [-0.15, -0.1) is 24.0 Å². The minimum atomic E-state index is 0. The molecule has 1 aromatic rings. The van der Waals surface area contributed by atoms with Gasteiger partial charge in [0, 0.05) is 26.8 Å². The van der Waals surface area contributed by atoms with Crippen LogP contribution in [-0.4, -0.2) is 39.4 Å². The van der Waals surface area contributed by atoms with Gasteiger partial charge in [-0.05, 0) is 38.0 Å². The number of hydrogen-bond acceptors (Lipinski definition) is 3. The number of hydrogen-bond donors (Lipinski definition) is 2. The fourth-order valence-electron chi connectivity index (χ4n) is 1.84. The quantitative estimate of drug-likeness (QED) is 0.279. The van der Waals surface area contributed by atoms with Crippen LogP contribution in [0.3, 0.4) is 0 Å². The Hall–Kier alpha value is -1.02. The first kappa shape index (κ1) is 21.0. The van der Waals surface area contributed by atoms with E-state index in [2.05, 4.69) is 28.6 Å². The summed E-state index contributed by atoms with van der Waals surface area (Å²) in [6.45, 7) is 7.79. The van der Waals surface area contributed by atoms with E-state index in [4.69, 9.17) is 9.47 Å². The SMILES string of the molecule is CCNC(=NCc1cccc(OCC)c1)NCCCOC.I. The number of nitrogens with zero attached hydrogens (tertiary/aromatic N) is 1. The lowest BCUT2D eigenvalue weighted by Crippen LogP contribution is -2.38. The number of aliphatic imine (C=N–C) groups is 1. The summed E-state index contributed by atoms with van der Waals surface area (Å²) in [6, 6.07) is 8.04. The highest BCUT2D eigenvalue weighted by Crippen LogP contribution is 2.13. The molecule has 5 nitrogen and oxygen atoms in total. The van der Waals surface area contributed by atoms with Crippen molar-refractivity contribution in [3.63, 3.8) is 0 Å². The molecule has 0 aliphatic rings. The first-order valence-corrected chi connectivity index (χ1v) is 7.53. The van der Waals surface area contributed by atoms with Crippen molar-refractivity contribution in [1.82, 2.24) is 10.6 Å². The molecule has 0 saturated carbocycles. The van der Waals surface area contributed by atoms with Gasteiger partial charge in [0.05, 0.1) is 13.2 Å². The highest BCUT2D eigenvalue weighted by Gasteiger charge is 1.99. The molecule has 6 heteroatoms. The van der Waals surface area contributed by atoms with E-state index in [0.717, 1.165) is 43.4 Å². The summed E-state index contributed by atoms with van der Waals surface area (Å²) >= 11 is 0. The van der Waals surface area contributed by atoms with Crippen LogP contribution in [0.25, 0.3) is 0 Å². The fourth-order valence-corrected chi connectivity index (χ4v) is 1.84. The lowest BCUT2D eigenvalue weighted by molar-refractivity contribution is 0.195. The van der Waals surface area contributed by atoms with Gasteiger partial charge in [-0.3, -0.25) is 0 Å². The van der Waals surface area contributed by atoms with Crippen molar-refractivity contribution >= 4 is 29.9 Å². The van der Waals surface area contributed by atoms with Gasteiger partial charge in [-0.1, -0.05) is 12.1 Å². The monoisotopic (exact) mass is 421 g/mol. The lowest BCUT2D eigenvalue weighted by atomic mass is 10.2. The minimum Gasteiger partial charge on any atom is -0.494 e. The number of rotatable bonds is 9. The Bertz CT molecular complexity index is 428. The van der Waals surface area contributed by atoms with Crippen LogP contribution in [0.5, 0.6) is 5.75 Å². The van der Waals surface area contributed by atoms with Crippen LogP contribution in [0, 0.1) is 0 Å². The van der Waals surface area contributed by atoms with Crippen LogP contribution in [0.1, 0.15) is 25.8 Å². The number of benzene rings is 1. The molecule has 0 atom stereocenters. The second kappa shape index (κ2) is 13.6. The van der Waals surface area contributed by atoms with Crippen LogP contribution in [-0.2, 0) is 11.3 Å². The minimum absolute atomic E-state index is 0.